The fourth-order valence-electron chi connectivity index (χ4n) is 1.82. The molecule has 1 atom stereocenters. The van der Waals surface area contributed by atoms with Crippen LogP contribution in [0.3, 0.4) is 0 Å². The molecule has 92 valence electrons. The summed E-state index contributed by atoms with van der Waals surface area (Å²) in [4.78, 5) is 0. The fraction of sp³-hybridized carbons (Fsp3) is 0.833. The largest absolute Gasteiger partial charge is 0.311 e. The first-order valence-electron chi connectivity index (χ1n) is 6.32. The van der Waals surface area contributed by atoms with Crippen LogP contribution in [0.2, 0.25) is 0 Å². The van der Waals surface area contributed by atoms with Crippen molar-refractivity contribution in [2.45, 2.75) is 46.1 Å². The van der Waals surface area contributed by atoms with E-state index in [4.69, 9.17) is 0 Å². The molecule has 0 aliphatic rings. The molecule has 0 radical (unpaired) electrons. The van der Waals surface area contributed by atoms with E-state index in [1.165, 1.54) is 25.7 Å². The van der Waals surface area contributed by atoms with E-state index < -0.39 is 0 Å². The van der Waals surface area contributed by atoms with Gasteiger partial charge in [0.05, 0.1) is 11.9 Å². The molecule has 0 fully saturated rings. The first-order chi connectivity index (χ1) is 7.77. The number of aromatic nitrogens is 3. The Labute approximate surface area is 98.4 Å². The van der Waals surface area contributed by atoms with Crippen LogP contribution in [0, 0.1) is 5.92 Å². The third-order valence-electron chi connectivity index (χ3n) is 3.09. The second kappa shape index (κ2) is 7.39. The fourth-order valence-corrected chi connectivity index (χ4v) is 1.82. The van der Waals surface area contributed by atoms with Gasteiger partial charge in [-0.2, -0.15) is 0 Å². The predicted octanol–water partition coefficient (Wildman–Crippen LogP) is 2.12. The number of rotatable bonds is 8. The van der Waals surface area contributed by atoms with Crippen molar-refractivity contribution >= 4 is 0 Å². The molecule has 0 aliphatic carbocycles. The first-order valence-corrected chi connectivity index (χ1v) is 6.32. The van der Waals surface area contributed by atoms with Gasteiger partial charge >= 0.3 is 0 Å². The Kier molecular flexibility index (Phi) is 6.08. The molecule has 1 aromatic rings. The molecule has 1 aromatic heterocycles. The van der Waals surface area contributed by atoms with E-state index >= 15 is 0 Å². The third-order valence-corrected chi connectivity index (χ3v) is 3.09. The van der Waals surface area contributed by atoms with Crippen molar-refractivity contribution in [3.8, 4) is 0 Å². The average molecular weight is 224 g/mol. The van der Waals surface area contributed by atoms with E-state index in [-0.39, 0.29) is 0 Å². The van der Waals surface area contributed by atoms with Gasteiger partial charge in [0.15, 0.2) is 0 Å². The number of nitrogens with one attached hydrogen (secondary N) is 1. The molecule has 0 spiro atoms. The van der Waals surface area contributed by atoms with E-state index in [1.807, 2.05) is 17.9 Å². The Hall–Kier alpha value is -0.900. The summed E-state index contributed by atoms with van der Waals surface area (Å²) in [7, 11) is 1.93. The number of unbranched alkanes of at least 4 members (excludes halogenated alkanes) is 1. The van der Waals surface area contributed by atoms with E-state index in [2.05, 4.69) is 29.5 Å². The highest BCUT2D eigenvalue weighted by Gasteiger charge is 2.06. The molecular weight excluding hydrogens is 200 g/mol. The molecule has 1 N–H and O–H groups in total. The summed E-state index contributed by atoms with van der Waals surface area (Å²) < 4.78 is 1.82. The van der Waals surface area contributed by atoms with Gasteiger partial charge in [0.2, 0.25) is 0 Å². The van der Waals surface area contributed by atoms with Crippen molar-refractivity contribution in [3.63, 3.8) is 0 Å². The minimum absolute atomic E-state index is 0.807. The summed E-state index contributed by atoms with van der Waals surface area (Å²) in [5, 5.41) is 11.3. The van der Waals surface area contributed by atoms with Gasteiger partial charge in [-0.1, -0.05) is 38.3 Å². The summed E-state index contributed by atoms with van der Waals surface area (Å²) in [5.41, 5.74) is 1.14. The molecule has 0 aromatic carbocycles. The first kappa shape index (κ1) is 13.2. The third kappa shape index (κ3) is 4.31. The van der Waals surface area contributed by atoms with Crippen LogP contribution in [0.1, 0.15) is 45.2 Å². The maximum atomic E-state index is 3.91. The summed E-state index contributed by atoms with van der Waals surface area (Å²) in [5.74, 6) is 0.807. The highest BCUT2D eigenvalue weighted by atomic mass is 15.4. The lowest BCUT2D eigenvalue weighted by Crippen LogP contribution is -2.23. The van der Waals surface area contributed by atoms with Crippen molar-refractivity contribution in [1.82, 2.24) is 20.3 Å². The van der Waals surface area contributed by atoms with Gasteiger partial charge in [-0.05, 0) is 18.9 Å². The summed E-state index contributed by atoms with van der Waals surface area (Å²) in [6, 6.07) is 0. The van der Waals surface area contributed by atoms with Gasteiger partial charge < -0.3 is 5.32 Å². The number of hydrogen-bond acceptors (Lipinski definition) is 3. The van der Waals surface area contributed by atoms with Crippen LogP contribution in [-0.2, 0) is 13.6 Å². The molecular formula is C12H24N4. The SMILES string of the molecule is CCCCC(CC)CNCc1cnnn1C. The quantitative estimate of drug-likeness (QED) is 0.735. The van der Waals surface area contributed by atoms with Gasteiger partial charge in [-0.3, -0.25) is 4.68 Å². The Morgan fingerprint density at radius 1 is 1.44 bits per heavy atom. The predicted molar refractivity (Wildman–Crippen MR) is 66.0 cm³/mol. The Balaban J connectivity index is 2.20. The van der Waals surface area contributed by atoms with Crippen molar-refractivity contribution in [3.05, 3.63) is 11.9 Å². The van der Waals surface area contributed by atoms with Crippen molar-refractivity contribution < 1.29 is 0 Å². The summed E-state index contributed by atoms with van der Waals surface area (Å²) >= 11 is 0. The minimum Gasteiger partial charge on any atom is -0.311 e. The van der Waals surface area contributed by atoms with E-state index in [0.29, 0.717) is 0 Å². The topological polar surface area (TPSA) is 42.7 Å². The Morgan fingerprint density at radius 2 is 2.25 bits per heavy atom. The normalized spacial score (nSPS) is 12.9. The molecule has 1 heterocycles. The molecule has 4 heteroatoms. The molecule has 0 saturated heterocycles. The molecule has 0 bridgehead atoms. The van der Waals surface area contributed by atoms with Crippen LogP contribution in [0.25, 0.3) is 0 Å². The summed E-state index contributed by atoms with van der Waals surface area (Å²) in [6.07, 6.45) is 7.05. The van der Waals surface area contributed by atoms with E-state index in [1.54, 1.807) is 0 Å². The molecule has 1 rings (SSSR count). The molecule has 0 amide bonds. The van der Waals surface area contributed by atoms with Crippen LogP contribution in [-0.4, -0.2) is 21.5 Å². The van der Waals surface area contributed by atoms with Crippen LogP contribution in [0.15, 0.2) is 6.20 Å². The Morgan fingerprint density at radius 3 is 2.81 bits per heavy atom. The molecule has 0 saturated carbocycles. The van der Waals surface area contributed by atoms with Crippen LogP contribution in [0.4, 0.5) is 0 Å². The number of hydrogen-bond donors (Lipinski definition) is 1. The maximum Gasteiger partial charge on any atom is 0.0738 e. The zero-order valence-electron chi connectivity index (χ0n) is 10.7. The lowest BCUT2D eigenvalue weighted by Gasteiger charge is -2.15. The maximum absolute atomic E-state index is 3.91. The highest BCUT2D eigenvalue weighted by molar-refractivity contribution is 4.92. The average Bonchev–Trinajstić information content (AvgIpc) is 2.69. The van der Waals surface area contributed by atoms with Crippen molar-refractivity contribution in [1.29, 1.82) is 0 Å². The highest BCUT2D eigenvalue weighted by Crippen LogP contribution is 2.11. The standard InChI is InChI=1S/C12H24N4/c1-4-6-7-11(5-2)8-13-9-12-10-14-15-16(12)3/h10-11,13H,4-9H2,1-3H3. The van der Waals surface area contributed by atoms with Gasteiger partial charge in [0.1, 0.15) is 0 Å². The van der Waals surface area contributed by atoms with E-state index in [0.717, 1.165) is 24.7 Å². The van der Waals surface area contributed by atoms with Crippen LogP contribution in [0.5, 0.6) is 0 Å². The van der Waals surface area contributed by atoms with Gasteiger partial charge in [-0.25, -0.2) is 0 Å². The van der Waals surface area contributed by atoms with Crippen molar-refractivity contribution in [2.24, 2.45) is 13.0 Å². The minimum atomic E-state index is 0.807. The molecule has 4 nitrogen and oxygen atoms in total. The second-order valence-corrected chi connectivity index (χ2v) is 4.40. The number of aryl methyl sites for hydroxylation is 1. The van der Waals surface area contributed by atoms with Crippen LogP contribution >= 0.6 is 0 Å². The molecule has 16 heavy (non-hydrogen) atoms. The molecule has 0 aliphatic heterocycles. The van der Waals surface area contributed by atoms with Crippen LogP contribution < -0.4 is 5.32 Å². The van der Waals surface area contributed by atoms with E-state index in [9.17, 15) is 0 Å². The second-order valence-electron chi connectivity index (χ2n) is 4.40. The van der Waals surface area contributed by atoms with Gasteiger partial charge in [0, 0.05) is 13.6 Å². The summed E-state index contributed by atoms with van der Waals surface area (Å²) in [6.45, 7) is 6.49. The zero-order valence-corrected chi connectivity index (χ0v) is 10.7. The smallest absolute Gasteiger partial charge is 0.0738 e. The molecule has 1 unspecified atom stereocenters. The lowest BCUT2D eigenvalue weighted by molar-refractivity contribution is 0.416. The lowest BCUT2D eigenvalue weighted by atomic mass is 9.99. The zero-order chi connectivity index (χ0) is 11.8. The van der Waals surface area contributed by atoms with Gasteiger partial charge in [0.25, 0.3) is 0 Å². The number of nitrogens with zero attached hydrogens (tertiary/aromatic N) is 3. The monoisotopic (exact) mass is 224 g/mol. The Bertz CT molecular complexity index is 282. The van der Waals surface area contributed by atoms with Gasteiger partial charge in [-0.15, -0.1) is 5.10 Å². The van der Waals surface area contributed by atoms with Crippen molar-refractivity contribution in [2.75, 3.05) is 6.54 Å².